The number of halogens is 1. The fourth-order valence-corrected chi connectivity index (χ4v) is 4.75. The fraction of sp³-hybridized carbons (Fsp3) is 0.333. The van der Waals surface area contributed by atoms with Crippen LogP contribution in [-0.4, -0.2) is 45.2 Å². The Kier molecular flexibility index (Phi) is 6.02. The van der Waals surface area contributed by atoms with Crippen LogP contribution in [0.25, 0.3) is 5.57 Å². The molecule has 2 aliphatic rings. The van der Waals surface area contributed by atoms with Crippen LogP contribution in [-0.2, 0) is 14.4 Å². The van der Waals surface area contributed by atoms with Gasteiger partial charge in [-0.2, -0.15) is 0 Å². The van der Waals surface area contributed by atoms with E-state index in [1.54, 1.807) is 4.90 Å². The number of benzene rings is 1. The van der Waals surface area contributed by atoms with E-state index < -0.39 is 11.9 Å². The third-order valence-corrected chi connectivity index (χ3v) is 6.28. The summed E-state index contributed by atoms with van der Waals surface area (Å²) in [6.45, 7) is 2.63. The highest BCUT2D eigenvalue weighted by atomic mass is 79.9. The summed E-state index contributed by atoms with van der Waals surface area (Å²) in [4.78, 5) is 40.1. The Morgan fingerprint density at radius 2 is 1.96 bits per heavy atom. The molecule has 1 N–H and O–H groups in total. The minimum atomic E-state index is -1.01. The Morgan fingerprint density at radius 3 is 2.63 bits per heavy atom. The Bertz CT molecular complexity index is 884. The lowest BCUT2D eigenvalue weighted by atomic mass is 10.1. The molecule has 142 valence electrons. The minimum absolute atomic E-state index is 0.00411. The first kappa shape index (κ1) is 20.0. The monoisotopic (exact) mass is 468 g/mol. The van der Waals surface area contributed by atoms with Gasteiger partial charge in [0.2, 0.25) is 0 Å². The van der Waals surface area contributed by atoms with Gasteiger partial charge in [0.1, 0.15) is 4.32 Å². The lowest BCUT2D eigenvalue weighted by Gasteiger charge is -2.16. The Labute approximate surface area is 174 Å². The molecule has 0 unspecified atom stereocenters. The highest BCUT2D eigenvalue weighted by Gasteiger charge is 2.41. The fourth-order valence-electron chi connectivity index (χ4n) is 3.01. The van der Waals surface area contributed by atoms with Gasteiger partial charge in [-0.05, 0) is 24.6 Å². The van der Waals surface area contributed by atoms with Crippen LogP contribution in [0.15, 0.2) is 27.6 Å². The van der Waals surface area contributed by atoms with Gasteiger partial charge < -0.3 is 10.0 Å². The zero-order chi connectivity index (χ0) is 19.7. The summed E-state index contributed by atoms with van der Waals surface area (Å²) in [5.74, 6) is -1.62. The number of carboxylic acid groups (broad SMARTS) is 1. The molecule has 0 aromatic heterocycles. The Morgan fingerprint density at radius 1 is 1.22 bits per heavy atom. The number of thioether (sulfide) groups is 1. The summed E-state index contributed by atoms with van der Waals surface area (Å²) in [6, 6.07) is 5.57. The zero-order valence-electron chi connectivity index (χ0n) is 14.5. The SMILES string of the molecule is CCCCN1C(=O)C(=C2SC(=S)N(CCC(=O)O)C2=O)c2cc(Br)ccc21. The molecule has 9 heteroatoms. The standard InChI is InChI=1S/C18H17BrN2O4S2/c1-2-3-7-20-12-5-4-10(19)9-11(12)14(16(20)24)15-17(25)21(18(26)27-15)8-6-13(22)23/h4-5,9H,2-3,6-8H2,1H3,(H,22,23). The molecule has 6 nitrogen and oxygen atoms in total. The smallest absolute Gasteiger partial charge is 0.305 e. The van der Waals surface area contributed by atoms with Crippen molar-refractivity contribution in [3.8, 4) is 0 Å². The van der Waals surface area contributed by atoms with E-state index in [4.69, 9.17) is 17.3 Å². The van der Waals surface area contributed by atoms with Crippen molar-refractivity contribution in [3.05, 3.63) is 33.1 Å². The second-order valence-electron chi connectivity index (χ2n) is 6.14. The molecule has 27 heavy (non-hydrogen) atoms. The number of rotatable bonds is 6. The number of amides is 2. The largest absolute Gasteiger partial charge is 0.481 e. The van der Waals surface area contributed by atoms with E-state index >= 15 is 0 Å². The molecule has 0 saturated carbocycles. The van der Waals surface area contributed by atoms with E-state index in [-0.39, 0.29) is 28.1 Å². The highest BCUT2D eigenvalue weighted by Crippen LogP contribution is 2.45. The van der Waals surface area contributed by atoms with Gasteiger partial charge in [0.15, 0.2) is 0 Å². The number of hydrogen-bond acceptors (Lipinski definition) is 5. The molecule has 1 aromatic carbocycles. The molecular formula is C18H17BrN2O4S2. The average molecular weight is 469 g/mol. The second kappa shape index (κ2) is 8.12. The van der Waals surface area contributed by atoms with Crippen LogP contribution in [0.1, 0.15) is 31.7 Å². The van der Waals surface area contributed by atoms with Gasteiger partial charge in [-0.1, -0.05) is 53.3 Å². The summed E-state index contributed by atoms with van der Waals surface area (Å²) in [7, 11) is 0. The number of fused-ring (bicyclic) bond motifs is 1. The van der Waals surface area contributed by atoms with Crippen LogP contribution in [0.2, 0.25) is 0 Å². The molecule has 0 atom stereocenters. The lowest BCUT2D eigenvalue weighted by molar-refractivity contribution is -0.137. The number of unbranched alkanes of at least 4 members (excludes halogenated alkanes) is 1. The van der Waals surface area contributed by atoms with Crippen LogP contribution < -0.4 is 4.90 Å². The van der Waals surface area contributed by atoms with E-state index in [0.29, 0.717) is 17.7 Å². The quantitative estimate of drug-likeness (QED) is 0.507. The number of anilines is 1. The molecule has 3 rings (SSSR count). The summed E-state index contributed by atoms with van der Waals surface area (Å²) in [5, 5.41) is 8.88. The van der Waals surface area contributed by atoms with Gasteiger partial charge >= 0.3 is 5.97 Å². The van der Waals surface area contributed by atoms with Crippen molar-refractivity contribution in [2.24, 2.45) is 0 Å². The predicted octanol–water partition coefficient (Wildman–Crippen LogP) is 3.64. The van der Waals surface area contributed by atoms with Crippen molar-refractivity contribution in [2.45, 2.75) is 26.2 Å². The molecule has 1 fully saturated rings. The maximum Gasteiger partial charge on any atom is 0.305 e. The highest BCUT2D eigenvalue weighted by molar-refractivity contribution is 9.10. The van der Waals surface area contributed by atoms with E-state index in [1.165, 1.54) is 4.90 Å². The first-order chi connectivity index (χ1) is 12.8. The third kappa shape index (κ3) is 3.81. The van der Waals surface area contributed by atoms with Crippen molar-refractivity contribution in [2.75, 3.05) is 18.0 Å². The number of nitrogens with zero attached hydrogens (tertiary/aromatic N) is 2. The maximum atomic E-state index is 13.1. The number of carbonyl (C=O) groups excluding carboxylic acids is 2. The van der Waals surface area contributed by atoms with Crippen LogP contribution >= 0.6 is 39.9 Å². The molecule has 1 saturated heterocycles. The first-order valence-corrected chi connectivity index (χ1v) is 10.5. The van der Waals surface area contributed by atoms with Crippen molar-refractivity contribution >= 4 is 73.3 Å². The third-order valence-electron chi connectivity index (χ3n) is 4.34. The number of carbonyl (C=O) groups is 3. The van der Waals surface area contributed by atoms with Gasteiger partial charge in [-0.3, -0.25) is 19.3 Å². The topological polar surface area (TPSA) is 77.9 Å². The summed E-state index contributed by atoms with van der Waals surface area (Å²) < 4.78 is 1.09. The Hall–Kier alpha value is -1.71. The van der Waals surface area contributed by atoms with Crippen LogP contribution in [0.3, 0.4) is 0 Å². The summed E-state index contributed by atoms with van der Waals surface area (Å²) in [5.41, 5.74) is 1.82. The van der Waals surface area contributed by atoms with Crippen LogP contribution in [0, 0.1) is 0 Å². The average Bonchev–Trinajstić information content (AvgIpc) is 3.03. The first-order valence-electron chi connectivity index (χ1n) is 8.46. The van der Waals surface area contributed by atoms with Gasteiger partial charge in [0, 0.05) is 23.1 Å². The van der Waals surface area contributed by atoms with E-state index in [0.717, 1.165) is 34.8 Å². The molecule has 2 aliphatic heterocycles. The number of thiocarbonyl (C=S) groups is 1. The molecule has 0 spiro atoms. The normalized spacial score (nSPS) is 19.3. The van der Waals surface area contributed by atoms with E-state index in [9.17, 15) is 14.4 Å². The van der Waals surface area contributed by atoms with E-state index in [2.05, 4.69) is 22.9 Å². The molecule has 0 bridgehead atoms. The Balaban J connectivity index is 2.04. The van der Waals surface area contributed by atoms with E-state index in [1.807, 2.05) is 18.2 Å². The summed E-state index contributed by atoms with van der Waals surface area (Å²) in [6.07, 6.45) is 1.60. The molecule has 0 radical (unpaired) electrons. The lowest BCUT2D eigenvalue weighted by Crippen LogP contribution is -2.31. The van der Waals surface area contributed by atoms with Crippen LogP contribution in [0.4, 0.5) is 5.69 Å². The number of carboxylic acids is 1. The van der Waals surface area contributed by atoms with Gasteiger partial charge in [0.05, 0.1) is 22.6 Å². The number of hydrogen-bond donors (Lipinski definition) is 1. The molecule has 1 aromatic rings. The van der Waals surface area contributed by atoms with Gasteiger partial charge in [-0.25, -0.2) is 0 Å². The zero-order valence-corrected chi connectivity index (χ0v) is 17.7. The number of aliphatic carboxylic acids is 1. The van der Waals surface area contributed by atoms with Crippen molar-refractivity contribution in [3.63, 3.8) is 0 Å². The molecular weight excluding hydrogens is 452 g/mol. The van der Waals surface area contributed by atoms with Crippen molar-refractivity contribution < 1.29 is 19.5 Å². The second-order valence-corrected chi connectivity index (χ2v) is 8.70. The van der Waals surface area contributed by atoms with Crippen LogP contribution in [0.5, 0.6) is 0 Å². The van der Waals surface area contributed by atoms with Crippen molar-refractivity contribution in [1.82, 2.24) is 4.90 Å². The maximum absolute atomic E-state index is 13.1. The van der Waals surface area contributed by atoms with Crippen molar-refractivity contribution in [1.29, 1.82) is 0 Å². The minimum Gasteiger partial charge on any atom is -0.481 e. The van der Waals surface area contributed by atoms with Gasteiger partial charge in [0.25, 0.3) is 11.8 Å². The predicted molar refractivity (Wildman–Crippen MR) is 112 cm³/mol. The molecule has 2 amide bonds. The molecule has 0 aliphatic carbocycles. The van der Waals surface area contributed by atoms with Gasteiger partial charge in [-0.15, -0.1) is 0 Å². The summed E-state index contributed by atoms with van der Waals surface area (Å²) >= 11 is 9.74. The molecule has 2 heterocycles.